The second-order valence-electron chi connectivity index (χ2n) is 5.48. The van der Waals surface area contributed by atoms with Gasteiger partial charge >= 0.3 is 0 Å². The van der Waals surface area contributed by atoms with Crippen LogP contribution in [0.1, 0.15) is 12.8 Å². The van der Waals surface area contributed by atoms with Crippen LogP contribution in [0.15, 0.2) is 24.3 Å². The van der Waals surface area contributed by atoms with Gasteiger partial charge in [0.25, 0.3) is 0 Å². The van der Waals surface area contributed by atoms with Crippen molar-refractivity contribution in [1.29, 1.82) is 0 Å². The monoisotopic (exact) mass is 263 g/mol. The summed E-state index contributed by atoms with van der Waals surface area (Å²) in [6.07, 6.45) is 2.18. The molecule has 0 radical (unpaired) electrons. The van der Waals surface area contributed by atoms with Gasteiger partial charge in [0.15, 0.2) is 0 Å². The normalized spacial score (nSPS) is 18.7. The Labute approximate surface area is 116 Å². The van der Waals surface area contributed by atoms with Crippen molar-refractivity contribution in [3.63, 3.8) is 0 Å². The molecule has 4 heteroatoms. The fourth-order valence-corrected chi connectivity index (χ4v) is 2.89. The van der Waals surface area contributed by atoms with Crippen LogP contribution in [0, 0.1) is 0 Å². The topological polar surface area (TPSA) is 41.7 Å². The van der Waals surface area contributed by atoms with Gasteiger partial charge in [0, 0.05) is 25.2 Å². The average Bonchev–Trinajstić information content (AvgIpc) is 2.47. The van der Waals surface area contributed by atoms with E-state index in [0.717, 1.165) is 38.2 Å². The Bertz CT molecular complexity index is 412. The number of rotatable bonds is 4. The first kappa shape index (κ1) is 14.2. The van der Waals surface area contributed by atoms with Crippen molar-refractivity contribution in [1.82, 2.24) is 4.90 Å². The largest absolute Gasteiger partial charge is 0.495 e. The molecule has 1 aromatic carbocycles. The van der Waals surface area contributed by atoms with Gasteiger partial charge in [-0.05, 0) is 39.1 Å². The fraction of sp³-hybridized carbons (Fsp3) is 0.600. The molecule has 106 valence electrons. The number of anilines is 1. The minimum absolute atomic E-state index is 0.151. The van der Waals surface area contributed by atoms with Crippen LogP contribution in [-0.2, 0) is 0 Å². The first-order valence-electron chi connectivity index (χ1n) is 6.88. The second-order valence-corrected chi connectivity index (χ2v) is 5.48. The first-order chi connectivity index (χ1) is 9.13. The highest BCUT2D eigenvalue weighted by molar-refractivity contribution is 5.58. The zero-order chi connectivity index (χ0) is 13.9. The smallest absolute Gasteiger partial charge is 0.142 e. The van der Waals surface area contributed by atoms with Crippen LogP contribution >= 0.6 is 0 Å². The molecule has 0 unspecified atom stereocenters. The molecule has 1 saturated heterocycles. The van der Waals surface area contributed by atoms with Gasteiger partial charge < -0.3 is 20.3 Å². The molecule has 0 saturated carbocycles. The summed E-state index contributed by atoms with van der Waals surface area (Å²) in [7, 11) is 5.99. The maximum absolute atomic E-state index is 5.99. The summed E-state index contributed by atoms with van der Waals surface area (Å²) in [6, 6.07) is 8.22. The summed E-state index contributed by atoms with van der Waals surface area (Å²) in [5, 5.41) is 0. The van der Waals surface area contributed by atoms with Crippen molar-refractivity contribution in [3.8, 4) is 5.75 Å². The van der Waals surface area contributed by atoms with Crippen LogP contribution in [0.4, 0.5) is 5.69 Å². The van der Waals surface area contributed by atoms with Gasteiger partial charge in [-0.2, -0.15) is 0 Å². The molecule has 1 aliphatic heterocycles. The highest BCUT2D eigenvalue weighted by Crippen LogP contribution is 2.33. The Morgan fingerprint density at radius 3 is 2.42 bits per heavy atom. The number of hydrogen-bond acceptors (Lipinski definition) is 4. The molecule has 1 heterocycles. The molecule has 1 aromatic rings. The van der Waals surface area contributed by atoms with E-state index < -0.39 is 0 Å². The van der Waals surface area contributed by atoms with Gasteiger partial charge in [-0.15, -0.1) is 0 Å². The summed E-state index contributed by atoms with van der Waals surface area (Å²) in [5.41, 5.74) is 7.34. The van der Waals surface area contributed by atoms with Gasteiger partial charge in [-0.1, -0.05) is 12.1 Å². The summed E-state index contributed by atoms with van der Waals surface area (Å²) in [5.74, 6) is 0.951. The lowest BCUT2D eigenvalue weighted by Gasteiger charge is -2.46. The maximum atomic E-state index is 5.99. The van der Waals surface area contributed by atoms with Crippen molar-refractivity contribution in [2.24, 2.45) is 5.73 Å². The lowest BCUT2D eigenvalue weighted by molar-refractivity contribution is 0.125. The Morgan fingerprint density at radius 1 is 1.26 bits per heavy atom. The SMILES string of the molecule is COc1ccccc1N1CCC(CN)(N(C)C)CC1. The minimum atomic E-state index is 0.151. The average molecular weight is 263 g/mol. The number of piperidine rings is 1. The molecule has 0 spiro atoms. The fourth-order valence-electron chi connectivity index (χ4n) is 2.89. The van der Waals surface area contributed by atoms with E-state index in [2.05, 4.69) is 36.0 Å². The lowest BCUT2D eigenvalue weighted by atomic mass is 9.86. The third kappa shape index (κ3) is 2.69. The lowest BCUT2D eigenvalue weighted by Crippen LogP contribution is -2.57. The quantitative estimate of drug-likeness (QED) is 0.895. The van der Waals surface area contributed by atoms with Crippen LogP contribution in [0.25, 0.3) is 0 Å². The molecule has 1 fully saturated rings. The van der Waals surface area contributed by atoms with Crippen molar-refractivity contribution in [3.05, 3.63) is 24.3 Å². The van der Waals surface area contributed by atoms with E-state index in [1.54, 1.807) is 7.11 Å². The van der Waals surface area contributed by atoms with Crippen molar-refractivity contribution in [2.75, 3.05) is 45.7 Å². The number of para-hydroxylation sites is 2. The molecule has 2 rings (SSSR count). The van der Waals surface area contributed by atoms with Gasteiger partial charge in [0.1, 0.15) is 5.75 Å². The summed E-state index contributed by atoms with van der Waals surface area (Å²) >= 11 is 0. The molecule has 0 atom stereocenters. The number of ether oxygens (including phenoxy) is 1. The predicted molar refractivity (Wildman–Crippen MR) is 79.9 cm³/mol. The van der Waals surface area contributed by atoms with Crippen LogP contribution in [0.5, 0.6) is 5.75 Å². The number of nitrogens with two attached hydrogens (primary N) is 1. The number of benzene rings is 1. The Morgan fingerprint density at radius 2 is 1.89 bits per heavy atom. The molecule has 0 amide bonds. The van der Waals surface area contributed by atoms with Crippen LogP contribution in [-0.4, -0.2) is 51.3 Å². The molecule has 1 aliphatic rings. The Balaban J connectivity index is 2.11. The van der Waals surface area contributed by atoms with Crippen LogP contribution in [0.2, 0.25) is 0 Å². The maximum Gasteiger partial charge on any atom is 0.142 e. The van der Waals surface area contributed by atoms with Gasteiger partial charge in [0.2, 0.25) is 0 Å². The molecule has 4 nitrogen and oxygen atoms in total. The minimum Gasteiger partial charge on any atom is -0.495 e. The zero-order valence-electron chi connectivity index (χ0n) is 12.2. The number of hydrogen-bond donors (Lipinski definition) is 1. The van der Waals surface area contributed by atoms with E-state index in [9.17, 15) is 0 Å². The molecular formula is C15H25N3O. The van der Waals surface area contributed by atoms with Gasteiger partial charge in [0.05, 0.1) is 12.8 Å². The van der Waals surface area contributed by atoms with Crippen molar-refractivity contribution >= 4 is 5.69 Å². The number of likely N-dealkylation sites (N-methyl/N-ethyl adjacent to an activating group) is 1. The number of nitrogens with zero attached hydrogens (tertiary/aromatic N) is 2. The van der Waals surface area contributed by atoms with Crippen LogP contribution in [0.3, 0.4) is 0 Å². The van der Waals surface area contributed by atoms with E-state index in [1.165, 1.54) is 5.69 Å². The van der Waals surface area contributed by atoms with Crippen LogP contribution < -0.4 is 15.4 Å². The molecule has 0 aliphatic carbocycles. The van der Waals surface area contributed by atoms with Crippen molar-refractivity contribution < 1.29 is 4.74 Å². The highest BCUT2D eigenvalue weighted by atomic mass is 16.5. The highest BCUT2D eigenvalue weighted by Gasteiger charge is 2.35. The zero-order valence-corrected chi connectivity index (χ0v) is 12.2. The Hall–Kier alpha value is -1.26. The van der Waals surface area contributed by atoms with E-state index in [-0.39, 0.29) is 5.54 Å². The summed E-state index contributed by atoms with van der Waals surface area (Å²) in [4.78, 5) is 4.68. The summed E-state index contributed by atoms with van der Waals surface area (Å²) < 4.78 is 5.45. The third-order valence-corrected chi connectivity index (χ3v) is 4.45. The standard InChI is InChI=1S/C15H25N3O/c1-17(2)15(12-16)8-10-18(11-9-15)13-6-4-5-7-14(13)19-3/h4-7H,8-12,16H2,1-3H3. The van der Waals surface area contributed by atoms with Crippen molar-refractivity contribution in [2.45, 2.75) is 18.4 Å². The van der Waals surface area contributed by atoms with E-state index in [0.29, 0.717) is 0 Å². The first-order valence-corrected chi connectivity index (χ1v) is 6.88. The third-order valence-electron chi connectivity index (χ3n) is 4.45. The Kier molecular flexibility index (Phi) is 4.32. The van der Waals surface area contributed by atoms with E-state index in [1.807, 2.05) is 12.1 Å². The van der Waals surface area contributed by atoms with Gasteiger partial charge in [-0.25, -0.2) is 0 Å². The summed E-state index contributed by atoms with van der Waals surface area (Å²) in [6.45, 7) is 2.77. The molecular weight excluding hydrogens is 238 g/mol. The molecule has 0 bridgehead atoms. The second kappa shape index (κ2) is 5.80. The predicted octanol–water partition coefficient (Wildman–Crippen LogP) is 1.55. The molecule has 0 aromatic heterocycles. The van der Waals surface area contributed by atoms with E-state index in [4.69, 9.17) is 10.5 Å². The molecule has 19 heavy (non-hydrogen) atoms. The number of methoxy groups -OCH3 is 1. The van der Waals surface area contributed by atoms with Gasteiger partial charge in [-0.3, -0.25) is 0 Å². The molecule has 2 N–H and O–H groups in total. The van der Waals surface area contributed by atoms with E-state index >= 15 is 0 Å².